The van der Waals surface area contributed by atoms with E-state index in [1.54, 1.807) is 41.3 Å². The molecule has 0 radical (unpaired) electrons. The molecule has 0 aliphatic heterocycles. The number of hydrogen-bond acceptors (Lipinski definition) is 4. The van der Waals surface area contributed by atoms with E-state index >= 15 is 0 Å². The lowest BCUT2D eigenvalue weighted by molar-refractivity contribution is 0.0725. The van der Waals surface area contributed by atoms with Crippen LogP contribution in [0.15, 0.2) is 53.1 Å². The maximum atomic E-state index is 12.7. The van der Waals surface area contributed by atoms with Crippen LogP contribution in [0.3, 0.4) is 0 Å². The van der Waals surface area contributed by atoms with E-state index in [9.17, 15) is 4.79 Å². The summed E-state index contributed by atoms with van der Waals surface area (Å²) in [7, 11) is 0. The Morgan fingerprint density at radius 1 is 1.32 bits per heavy atom. The highest BCUT2D eigenvalue weighted by molar-refractivity contribution is 6.30. The number of rotatable bonds is 6. The van der Waals surface area contributed by atoms with E-state index in [2.05, 4.69) is 5.10 Å². The maximum Gasteiger partial charge on any atom is 0.274 e. The fraction of sp³-hybridized carbons (Fsp3) is 0.222. The van der Waals surface area contributed by atoms with Crippen LogP contribution in [-0.4, -0.2) is 45.4 Å². The molecule has 0 atom stereocenters. The zero-order chi connectivity index (χ0) is 17.8. The second-order valence-electron chi connectivity index (χ2n) is 5.39. The quantitative estimate of drug-likeness (QED) is 0.733. The van der Waals surface area contributed by atoms with Crippen LogP contribution in [0.4, 0.5) is 0 Å². The van der Waals surface area contributed by atoms with Crippen LogP contribution in [0, 0.1) is 0 Å². The third-order valence-electron chi connectivity index (χ3n) is 3.79. The Labute approximate surface area is 150 Å². The fourth-order valence-electron chi connectivity index (χ4n) is 2.58. The second-order valence-corrected chi connectivity index (χ2v) is 5.83. The topological polar surface area (TPSA) is 71.5 Å². The molecule has 0 bridgehead atoms. The van der Waals surface area contributed by atoms with Gasteiger partial charge in [-0.15, -0.1) is 0 Å². The number of aliphatic hydroxyl groups excluding tert-OH is 1. The summed E-state index contributed by atoms with van der Waals surface area (Å²) >= 11 is 6.09. The highest BCUT2D eigenvalue weighted by atomic mass is 35.5. The molecule has 0 saturated carbocycles. The number of hydrogen-bond donors (Lipinski definition) is 1. The Morgan fingerprint density at radius 2 is 2.16 bits per heavy atom. The predicted molar refractivity (Wildman–Crippen MR) is 94.9 cm³/mol. The van der Waals surface area contributed by atoms with E-state index in [0.717, 1.165) is 5.69 Å². The van der Waals surface area contributed by atoms with E-state index < -0.39 is 0 Å². The van der Waals surface area contributed by atoms with Crippen molar-refractivity contribution < 1.29 is 14.3 Å². The lowest BCUT2D eigenvalue weighted by atomic mass is 10.2. The van der Waals surface area contributed by atoms with Crippen molar-refractivity contribution in [2.24, 2.45) is 0 Å². The summed E-state index contributed by atoms with van der Waals surface area (Å²) in [6, 6.07) is 12.5. The SMILES string of the molecule is CCN(CCO)C(=O)c1cc(-c2ccco2)n(-c2cccc(Cl)c2)n1. The molecule has 130 valence electrons. The number of halogens is 1. The molecule has 1 aromatic carbocycles. The van der Waals surface area contributed by atoms with Gasteiger partial charge in [0.2, 0.25) is 0 Å². The third kappa shape index (κ3) is 3.60. The molecule has 0 aliphatic rings. The van der Waals surface area contributed by atoms with Gasteiger partial charge >= 0.3 is 0 Å². The number of carbonyl (C=O) groups excluding carboxylic acids is 1. The van der Waals surface area contributed by atoms with Gasteiger partial charge in [-0.1, -0.05) is 17.7 Å². The summed E-state index contributed by atoms with van der Waals surface area (Å²) in [5.41, 5.74) is 1.65. The number of carbonyl (C=O) groups is 1. The summed E-state index contributed by atoms with van der Waals surface area (Å²) in [4.78, 5) is 14.2. The fourth-order valence-corrected chi connectivity index (χ4v) is 2.76. The number of furan rings is 1. The van der Waals surface area contributed by atoms with Gasteiger partial charge < -0.3 is 14.4 Å². The minimum absolute atomic E-state index is 0.0976. The van der Waals surface area contributed by atoms with E-state index in [4.69, 9.17) is 21.1 Å². The highest BCUT2D eigenvalue weighted by Gasteiger charge is 2.21. The van der Waals surface area contributed by atoms with Crippen molar-refractivity contribution in [1.82, 2.24) is 14.7 Å². The first kappa shape index (κ1) is 17.3. The molecule has 0 aliphatic carbocycles. The van der Waals surface area contributed by atoms with Crippen LogP contribution in [0.5, 0.6) is 0 Å². The first-order valence-corrected chi connectivity index (χ1v) is 8.32. The third-order valence-corrected chi connectivity index (χ3v) is 4.03. The van der Waals surface area contributed by atoms with E-state index in [1.165, 1.54) is 4.90 Å². The second kappa shape index (κ2) is 7.55. The number of nitrogens with zero attached hydrogens (tertiary/aromatic N) is 3. The largest absolute Gasteiger partial charge is 0.463 e. The zero-order valence-corrected chi connectivity index (χ0v) is 14.5. The minimum Gasteiger partial charge on any atom is -0.463 e. The summed E-state index contributed by atoms with van der Waals surface area (Å²) in [5, 5.41) is 14.2. The monoisotopic (exact) mass is 359 g/mol. The summed E-state index contributed by atoms with van der Waals surface area (Å²) in [5.74, 6) is 0.349. The number of likely N-dealkylation sites (N-methyl/N-ethyl adjacent to an activating group) is 1. The zero-order valence-electron chi connectivity index (χ0n) is 13.7. The van der Waals surface area contributed by atoms with Gasteiger partial charge in [0.1, 0.15) is 5.69 Å². The van der Waals surface area contributed by atoms with Gasteiger partial charge in [0.25, 0.3) is 5.91 Å². The summed E-state index contributed by atoms with van der Waals surface area (Å²) < 4.78 is 7.11. The van der Waals surface area contributed by atoms with Crippen molar-refractivity contribution in [3.63, 3.8) is 0 Å². The van der Waals surface area contributed by atoms with E-state index in [-0.39, 0.29) is 24.8 Å². The molecule has 0 saturated heterocycles. The van der Waals surface area contributed by atoms with Gasteiger partial charge in [0.15, 0.2) is 11.5 Å². The molecule has 2 aromatic heterocycles. The number of aliphatic hydroxyl groups is 1. The Bertz CT molecular complexity index is 858. The molecule has 3 rings (SSSR count). The smallest absolute Gasteiger partial charge is 0.274 e. The van der Waals surface area contributed by atoms with Crippen molar-refractivity contribution in [1.29, 1.82) is 0 Å². The molecule has 7 heteroatoms. The highest BCUT2D eigenvalue weighted by Crippen LogP contribution is 2.26. The lowest BCUT2D eigenvalue weighted by Crippen LogP contribution is -2.33. The predicted octanol–water partition coefficient (Wildman–Crippen LogP) is 3.24. The molecule has 2 heterocycles. The first-order valence-electron chi connectivity index (χ1n) is 7.94. The molecule has 25 heavy (non-hydrogen) atoms. The van der Waals surface area contributed by atoms with Gasteiger partial charge in [-0.2, -0.15) is 5.10 Å². The molecule has 0 spiro atoms. The van der Waals surface area contributed by atoms with E-state index in [1.807, 2.05) is 19.1 Å². The molecule has 1 N–H and O–H groups in total. The van der Waals surface area contributed by atoms with Crippen LogP contribution >= 0.6 is 11.6 Å². The van der Waals surface area contributed by atoms with Crippen molar-refractivity contribution >= 4 is 17.5 Å². The van der Waals surface area contributed by atoms with Crippen molar-refractivity contribution in [3.8, 4) is 17.1 Å². The number of aromatic nitrogens is 2. The average molecular weight is 360 g/mol. The van der Waals surface area contributed by atoms with Crippen LogP contribution in [0.25, 0.3) is 17.1 Å². The Morgan fingerprint density at radius 3 is 2.80 bits per heavy atom. The van der Waals surface area contributed by atoms with Gasteiger partial charge in [-0.3, -0.25) is 4.79 Å². The average Bonchev–Trinajstić information content (AvgIpc) is 3.28. The Kier molecular flexibility index (Phi) is 5.21. The molecule has 6 nitrogen and oxygen atoms in total. The van der Waals surface area contributed by atoms with Crippen LogP contribution < -0.4 is 0 Å². The van der Waals surface area contributed by atoms with Crippen LogP contribution in [-0.2, 0) is 0 Å². The Hall–Kier alpha value is -2.57. The van der Waals surface area contributed by atoms with Crippen molar-refractivity contribution in [2.45, 2.75) is 6.92 Å². The van der Waals surface area contributed by atoms with Crippen LogP contribution in [0.2, 0.25) is 5.02 Å². The van der Waals surface area contributed by atoms with Gasteiger partial charge in [-0.05, 0) is 37.3 Å². The molecule has 1 amide bonds. The number of amides is 1. The number of benzene rings is 1. The van der Waals surface area contributed by atoms with E-state index in [0.29, 0.717) is 23.0 Å². The molecule has 0 fully saturated rings. The summed E-state index contributed by atoms with van der Waals surface area (Å²) in [6.07, 6.45) is 1.57. The van der Waals surface area contributed by atoms with Crippen LogP contribution in [0.1, 0.15) is 17.4 Å². The molecule has 0 unspecified atom stereocenters. The molecular formula is C18H18ClN3O3. The molecule has 3 aromatic rings. The minimum atomic E-state index is -0.245. The van der Waals surface area contributed by atoms with Gasteiger partial charge in [0, 0.05) is 24.2 Å². The first-order chi connectivity index (χ1) is 12.1. The standard InChI is InChI=1S/C18H18ClN3O3/c1-2-21(8-9-23)18(24)15-12-16(17-7-4-10-25-17)22(20-15)14-6-3-5-13(19)11-14/h3-7,10-12,23H,2,8-9H2,1H3. The maximum absolute atomic E-state index is 12.7. The lowest BCUT2D eigenvalue weighted by Gasteiger charge is -2.17. The van der Waals surface area contributed by atoms with Crippen molar-refractivity contribution in [2.75, 3.05) is 19.7 Å². The molecular weight excluding hydrogens is 342 g/mol. The van der Waals surface area contributed by atoms with Gasteiger partial charge in [0.05, 0.1) is 18.6 Å². The normalized spacial score (nSPS) is 10.8. The Balaban J connectivity index is 2.08. The summed E-state index contributed by atoms with van der Waals surface area (Å²) in [6.45, 7) is 2.50. The van der Waals surface area contributed by atoms with Gasteiger partial charge in [-0.25, -0.2) is 4.68 Å². The van der Waals surface area contributed by atoms with Crippen molar-refractivity contribution in [3.05, 3.63) is 59.4 Å².